The number of aromatic nitrogens is 3. The number of hydrogen-bond donors (Lipinski definition) is 1. The molecule has 0 saturated carbocycles. The Hall–Kier alpha value is -1.94. The van der Waals surface area contributed by atoms with Crippen molar-refractivity contribution in [2.24, 2.45) is 0 Å². The Kier molecular flexibility index (Phi) is 7.43. The second kappa shape index (κ2) is 10.0. The number of ether oxygens (including phenoxy) is 1. The van der Waals surface area contributed by atoms with E-state index in [4.69, 9.17) is 16.3 Å². The lowest BCUT2D eigenvalue weighted by molar-refractivity contribution is -0.113. The van der Waals surface area contributed by atoms with Crippen molar-refractivity contribution in [3.05, 3.63) is 47.5 Å². The number of rotatable bonds is 8. The number of hydrogen-bond acceptors (Lipinski definition) is 6. The number of halogens is 2. The summed E-state index contributed by atoms with van der Waals surface area (Å²) in [5.74, 6) is 0.201. The second-order valence-corrected chi connectivity index (χ2v) is 7.50. The molecule has 1 aliphatic rings. The smallest absolute Gasteiger partial charge is 0.234 e. The average molecular weight is 426 g/mol. The SMILES string of the molecule is C=CCn1c(CN2CCOCC2)nnc1SCC(=O)Nc1ccc(F)c(Cl)c1. The molecule has 1 saturated heterocycles. The molecule has 1 N–H and O–H groups in total. The first-order chi connectivity index (χ1) is 13.6. The molecule has 1 amide bonds. The normalized spacial score (nSPS) is 14.8. The van der Waals surface area contributed by atoms with Gasteiger partial charge < -0.3 is 14.6 Å². The van der Waals surface area contributed by atoms with E-state index in [9.17, 15) is 9.18 Å². The molecule has 1 aliphatic heterocycles. The Balaban J connectivity index is 1.60. The van der Waals surface area contributed by atoms with Crippen LogP contribution in [0.1, 0.15) is 5.82 Å². The van der Waals surface area contributed by atoms with Crippen molar-refractivity contribution in [3.8, 4) is 0 Å². The van der Waals surface area contributed by atoms with Gasteiger partial charge in [0, 0.05) is 25.3 Å². The van der Waals surface area contributed by atoms with Crippen LogP contribution in [0.5, 0.6) is 0 Å². The predicted molar refractivity (Wildman–Crippen MR) is 107 cm³/mol. The molecule has 0 unspecified atom stereocenters. The van der Waals surface area contributed by atoms with Crippen molar-refractivity contribution in [2.75, 3.05) is 37.4 Å². The summed E-state index contributed by atoms with van der Waals surface area (Å²) >= 11 is 7.02. The summed E-state index contributed by atoms with van der Waals surface area (Å²) in [6.45, 7) is 8.15. The predicted octanol–water partition coefficient (Wildman–Crippen LogP) is 2.82. The summed E-state index contributed by atoms with van der Waals surface area (Å²) in [7, 11) is 0. The molecule has 0 atom stereocenters. The Morgan fingerprint density at radius 2 is 2.18 bits per heavy atom. The molecule has 2 aromatic rings. The standard InChI is InChI=1S/C18H21ClFN5O2S/c1-2-5-25-16(11-24-6-8-27-9-7-24)22-23-18(25)28-12-17(26)21-13-3-4-15(20)14(19)10-13/h2-4,10H,1,5-9,11-12H2,(H,21,26). The molecule has 1 aromatic heterocycles. The van der Waals surface area contributed by atoms with E-state index in [1.165, 1.54) is 30.0 Å². The van der Waals surface area contributed by atoms with Crippen molar-refractivity contribution in [3.63, 3.8) is 0 Å². The highest BCUT2D eigenvalue weighted by Gasteiger charge is 2.18. The van der Waals surface area contributed by atoms with Gasteiger partial charge in [0.1, 0.15) is 11.6 Å². The van der Waals surface area contributed by atoms with Gasteiger partial charge in [-0.05, 0) is 18.2 Å². The maximum absolute atomic E-state index is 13.2. The van der Waals surface area contributed by atoms with Crippen LogP contribution in [-0.4, -0.2) is 57.6 Å². The fourth-order valence-electron chi connectivity index (χ4n) is 2.72. The highest BCUT2D eigenvalue weighted by molar-refractivity contribution is 7.99. The van der Waals surface area contributed by atoms with Crippen LogP contribution in [0.25, 0.3) is 0 Å². The van der Waals surface area contributed by atoms with Crippen LogP contribution in [0.15, 0.2) is 36.0 Å². The van der Waals surface area contributed by atoms with Gasteiger partial charge in [0.05, 0.1) is 30.5 Å². The number of anilines is 1. The number of allylic oxidation sites excluding steroid dienone is 1. The van der Waals surface area contributed by atoms with Gasteiger partial charge in [0.25, 0.3) is 0 Å². The van der Waals surface area contributed by atoms with Crippen molar-refractivity contribution in [2.45, 2.75) is 18.2 Å². The summed E-state index contributed by atoms with van der Waals surface area (Å²) in [6, 6.07) is 4.05. The van der Waals surface area contributed by atoms with Gasteiger partial charge in [-0.2, -0.15) is 0 Å². The van der Waals surface area contributed by atoms with Crippen LogP contribution in [0.3, 0.4) is 0 Å². The van der Waals surface area contributed by atoms with Crippen LogP contribution in [0.2, 0.25) is 5.02 Å². The first-order valence-corrected chi connectivity index (χ1v) is 10.1. The van der Waals surface area contributed by atoms with Crippen molar-refractivity contribution >= 4 is 35.0 Å². The molecule has 10 heteroatoms. The largest absolute Gasteiger partial charge is 0.379 e. The minimum Gasteiger partial charge on any atom is -0.379 e. The molecular weight excluding hydrogens is 405 g/mol. The lowest BCUT2D eigenvalue weighted by atomic mass is 10.3. The fourth-order valence-corrected chi connectivity index (χ4v) is 3.66. The Bertz CT molecular complexity index is 841. The third kappa shape index (κ3) is 5.54. The highest BCUT2D eigenvalue weighted by Crippen LogP contribution is 2.21. The van der Waals surface area contributed by atoms with Crippen LogP contribution in [0.4, 0.5) is 10.1 Å². The van der Waals surface area contributed by atoms with Gasteiger partial charge in [-0.3, -0.25) is 9.69 Å². The van der Waals surface area contributed by atoms with Gasteiger partial charge in [0.15, 0.2) is 5.16 Å². The Labute approximate surface area is 171 Å². The van der Waals surface area contributed by atoms with Crippen molar-refractivity contribution in [1.82, 2.24) is 19.7 Å². The fraction of sp³-hybridized carbons (Fsp3) is 0.389. The van der Waals surface area contributed by atoms with E-state index in [1.807, 2.05) is 4.57 Å². The monoisotopic (exact) mass is 425 g/mol. The summed E-state index contributed by atoms with van der Waals surface area (Å²) in [5, 5.41) is 11.8. The number of nitrogens with zero attached hydrogens (tertiary/aromatic N) is 4. The number of amides is 1. The molecule has 150 valence electrons. The quantitative estimate of drug-likeness (QED) is 0.518. The van der Waals surface area contributed by atoms with E-state index in [0.29, 0.717) is 37.1 Å². The molecule has 2 heterocycles. The third-order valence-corrected chi connectivity index (χ3v) is 5.37. The first-order valence-electron chi connectivity index (χ1n) is 8.77. The lowest BCUT2D eigenvalue weighted by Crippen LogP contribution is -2.36. The first kappa shape index (κ1) is 20.8. The topological polar surface area (TPSA) is 72.3 Å². The van der Waals surface area contributed by atoms with E-state index in [2.05, 4.69) is 27.0 Å². The number of benzene rings is 1. The van der Waals surface area contributed by atoms with Gasteiger partial charge in [-0.15, -0.1) is 16.8 Å². The van der Waals surface area contributed by atoms with E-state index in [0.717, 1.165) is 18.9 Å². The van der Waals surface area contributed by atoms with Crippen molar-refractivity contribution in [1.29, 1.82) is 0 Å². The number of thioether (sulfide) groups is 1. The van der Waals surface area contributed by atoms with E-state index >= 15 is 0 Å². The van der Waals surface area contributed by atoms with Gasteiger partial charge in [-0.1, -0.05) is 29.4 Å². The number of nitrogens with one attached hydrogen (secondary N) is 1. The lowest BCUT2D eigenvalue weighted by Gasteiger charge is -2.26. The maximum Gasteiger partial charge on any atom is 0.234 e. The molecule has 0 aliphatic carbocycles. The third-order valence-electron chi connectivity index (χ3n) is 4.11. The van der Waals surface area contributed by atoms with Crippen LogP contribution in [-0.2, 0) is 22.6 Å². The van der Waals surface area contributed by atoms with Crippen LogP contribution in [0, 0.1) is 5.82 Å². The summed E-state index contributed by atoms with van der Waals surface area (Å²) in [4.78, 5) is 14.5. The number of carbonyl (C=O) groups is 1. The highest BCUT2D eigenvalue weighted by atomic mass is 35.5. The average Bonchev–Trinajstić information content (AvgIpc) is 3.06. The molecule has 0 radical (unpaired) electrons. The zero-order valence-electron chi connectivity index (χ0n) is 15.2. The second-order valence-electron chi connectivity index (χ2n) is 6.15. The summed E-state index contributed by atoms with van der Waals surface area (Å²) in [5.41, 5.74) is 0.442. The van der Waals surface area contributed by atoms with E-state index in [1.54, 1.807) is 6.08 Å². The molecule has 28 heavy (non-hydrogen) atoms. The molecule has 7 nitrogen and oxygen atoms in total. The molecule has 0 spiro atoms. The van der Waals surface area contributed by atoms with Gasteiger partial charge in [-0.25, -0.2) is 4.39 Å². The number of morpholine rings is 1. The molecule has 3 rings (SSSR count). The molecule has 1 aromatic carbocycles. The molecule has 1 fully saturated rings. The molecule has 0 bridgehead atoms. The van der Waals surface area contributed by atoms with Gasteiger partial charge >= 0.3 is 0 Å². The minimum atomic E-state index is -0.528. The molecular formula is C18H21ClFN5O2S. The zero-order valence-corrected chi connectivity index (χ0v) is 16.8. The summed E-state index contributed by atoms with van der Waals surface area (Å²) < 4.78 is 20.5. The van der Waals surface area contributed by atoms with E-state index < -0.39 is 5.82 Å². The van der Waals surface area contributed by atoms with E-state index in [-0.39, 0.29) is 16.7 Å². The van der Waals surface area contributed by atoms with Crippen LogP contribution >= 0.6 is 23.4 Å². The van der Waals surface area contributed by atoms with Crippen LogP contribution < -0.4 is 5.32 Å². The summed E-state index contributed by atoms with van der Waals surface area (Å²) in [6.07, 6.45) is 1.77. The Morgan fingerprint density at radius 1 is 1.39 bits per heavy atom. The van der Waals surface area contributed by atoms with Crippen molar-refractivity contribution < 1.29 is 13.9 Å². The zero-order chi connectivity index (χ0) is 19.9. The van der Waals surface area contributed by atoms with Gasteiger partial charge in [0.2, 0.25) is 5.91 Å². The maximum atomic E-state index is 13.2. The minimum absolute atomic E-state index is 0.0380. The Morgan fingerprint density at radius 3 is 2.89 bits per heavy atom. The number of carbonyl (C=O) groups excluding carboxylic acids is 1.